The summed E-state index contributed by atoms with van der Waals surface area (Å²) in [5.41, 5.74) is 2.44. The van der Waals surface area contributed by atoms with Crippen molar-refractivity contribution in [2.75, 3.05) is 12.4 Å². The molecule has 0 heterocycles. The number of hydrogen-bond donors (Lipinski definition) is 2. The predicted octanol–water partition coefficient (Wildman–Crippen LogP) is 6.03. The Morgan fingerprint density at radius 2 is 1.80 bits per heavy atom. The molecule has 0 aromatic heterocycles. The zero-order valence-corrected chi connectivity index (χ0v) is 17.4. The Kier molecular flexibility index (Phi) is 7.03. The van der Waals surface area contributed by atoms with Crippen LogP contribution in [0.15, 0.2) is 54.6 Å². The van der Waals surface area contributed by atoms with Gasteiger partial charge in [0.15, 0.2) is 11.5 Å². The summed E-state index contributed by atoms with van der Waals surface area (Å²) in [7, 11) is 1.51. The minimum absolute atomic E-state index is 0.0999. The van der Waals surface area contributed by atoms with Crippen molar-refractivity contribution in [3.05, 3.63) is 87.2 Å². The first kappa shape index (κ1) is 21.7. The molecule has 3 rings (SSSR count). The molecular weight excluding hydrogens is 432 g/mol. The molecule has 3 aromatic carbocycles. The number of nitrogens with one attached hydrogen (secondary N) is 1. The highest BCUT2D eigenvalue weighted by Gasteiger charge is 2.14. The number of carbonyl (C=O) groups is 1. The zero-order valence-electron chi connectivity index (χ0n) is 15.9. The van der Waals surface area contributed by atoms with Crippen LogP contribution >= 0.6 is 23.2 Å². The smallest absolute Gasteiger partial charge is 0.335 e. The molecule has 3 aromatic rings. The van der Waals surface area contributed by atoms with Crippen molar-refractivity contribution >= 4 is 34.9 Å². The summed E-state index contributed by atoms with van der Waals surface area (Å²) in [5, 5.41) is 12.8. The lowest BCUT2D eigenvalue weighted by molar-refractivity contribution is 0.0697. The summed E-state index contributed by atoms with van der Waals surface area (Å²) in [5.74, 6) is -0.600. The van der Waals surface area contributed by atoms with Crippen LogP contribution in [0.25, 0.3) is 0 Å². The molecular formula is C22H18Cl2FNO4. The summed E-state index contributed by atoms with van der Waals surface area (Å²) >= 11 is 12.4. The number of rotatable bonds is 8. The molecule has 0 aliphatic heterocycles. The third kappa shape index (κ3) is 5.34. The molecule has 0 radical (unpaired) electrons. The topological polar surface area (TPSA) is 67.8 Å². The molecule has 0 unspecified atom stereocenters. The van der Waals surface area contributed by atoms with Gasteiger partial charge in [-0.1, -0.05) is 29.3 Å². The van der Waals surface area contributed by atoms with Gasteiger partial charge in [0.05, 0.1) is 22.7 Å². The van der Waals surface area contributed by atoms with Crippen LogP contribution in [0.1, 0.15) is 21.5 Å². The Labute approximate surface area is 183 Å². The number of carboxylic acid groups (broad SMARTS) is 1. The SMILES string of the molecule is COc1cc(CNc2ccc(C(=O)O)cc2)cc(Cl)c1OCc1ccc(F)cc1Cl. The monoisotopic (exact) mass is 449 g/mol. The van der Waals surface area contributed by atoms with E-state index < -0.39 is 11.8 Å². The maximum atomic E-state index is 13.2. The molecule has 2 N–H and O–H groups in total. The van der Waals surface area contributed by atoms with E-state index in [0.29, 0.717) is 28.6 Å². The first-order valence-electron chi connectivity index (χ1n) is 8.87. The zero-order chi connectivity index (χ0) is 21.7. The third-order valence-electron chi connectivity index (χ3n) is 4.30. The van der Waals surface area contributed by atoms with Crippen LogP contribution in [-0.4, -0.2) is 18.2 Å². The molecule has 0 saturated heterocycles. The van der Waals surface area contributed by atoms with Gasteiger partial charge in [0, 0.05) is 17.8 Å². The van der Waals surface area contributed by atoms with Gasteiger partial charge in [-0.2, -0.15) is 0 Å². The molecule has 0 aliphatic carbocycles. The van der Waals surface area contributed by atoms with E-state index in [1.165, 1.54) is 31.4 Å². The van der Waals surface area contributed by atoms with Gasteiger partial charge >= 0.3 is 5.97 Å². The standard InChI is InChI=1S/C22H18Cl2FNO4/c1-29-20-9-13(11-26-17-6-3-14(4-7-17)22(27)28)8-19(24)21(20)30-12-15-2-5-16(25)10-18(15)23/h2-10,26H,11-12H2,1H3,(H,27,28). The normalized spacial score (nSPS) is 10.5. The molecule has 0 amide bonds. The Morgan fingerprint density at radius 1 is 1.07 bits per heavy atom. The average Bonchev–Trinajstić information content (AvgIpc) is 2.72. The summed E-state index contributed by atoms with van der Waals surface area (Å²) in [6, 6.07) is 14.0. The van der Waals surface area contributed by atoms with Crippen LogP contribution in [0.4, 0.5) is 10.1 Å². The van der Waals surface area contributed by atoms with E-state index in [1.54, 1.807) is 30.3 Å². The van der Waals surface area contributed by atoms with Crippen molar-refractivity contribution in [1.82, 2.24) is 0 Å². The molecule has 156 valence electrons. The van der Waals surface area contributed by atoms with Crippen molar-refractivity contribution < 1.29 is 23.8 Å². The Bertz CT molecular complexity index is 1060. The van der Waals surface area contributed by atoms with Crippen LogP contribution in [0.3, 0.4) is 0 Å². The van der Waals surface area contributed by atoms with E-state index in [0.717, 1.165) is 11.3 Å². The minimum atomic E-state index is -0.976. The third-order valence-corrected chi connectivity index (χ3v) is 4.94. The van der Waals surface area contributed by atoms with Gasteiger partial charge < -0.3 is 19.9 Å². The lowest BCUT2D eigenvalue weighted by Gasteiger charge is -2.15. The molecule has 5 nitrogen and oxygen atoms in total. The number of hydrogen-bond acceptors (Lipinski definition) is 4. The fraction of sp³-hybridized carbons (Fsp3) is 0.136. The number of carboxylic acids is 1. The molecule has 8 heteroatoms. The molecule has 0 bridgehead atoms. The van der Waals surface area contributed by atoms with Crippen LogP contribution in [-0.2, 0) is 13.2 Å². The Hall–Kier alpha value is -2.96. The highest BCUT2D eigenvalue weighted by atomic mass is 35.5. The van der Waals surface area contributed by atoms with Crippen LogP contribution in [0, 0.1) is 5.82 Å². The van der Waals surface area contributed by atoms with Gasteiger partial charge in [-0.05, 0) is 54.1 Å². The number of aromatic carboxylic acids is 1. The van der Waals surface area contributed by atoms with Gasteiger partial charge in [0.25, 0.3) is 0 Å². The Balaban J connectivity index is 1.70. The quantitative estimate of drug-likeness (QED) is 0.439. The maximum absolute atomic E-state index is 13.2. The van der Waals surface area contributed by atoms with E-state index in [-0.39, 0.29) is 17.2 Å². The number of ether oxygens (including phenoxy) is 2. The van der Waals surface area contributed by atoms with E-state index in [4.69, 9.17) is 37.8 Å². The first-order chi connectivity index (χ1) is 14.4. The number of methoxy groups -OCH3 is 1. The largest absolute Gasteiger partial charge is 0.493 e. The predicted molar refractivity (Wildman–Crippen MR) is 114 cm³/mol. The van der Waals surface area contributed by atoms with Crippen LogP contribution in [0.5, 0.6) is 11.5 Å². The molecule has 0 atom stereocenters. The Morgan fingerprint density at radius 3 is 2.43 bits per heavy atom. The van der Waals surface area contributed by atoms with Crippen molar-refractivity contribution in [2.24, 2.45) is 0 Å². The van der Waals surface area contributed by atoms with Crippen LogP contribution in [0.2, 0.25) is 10.0 Å². The maximum Gasteiger partial charge on any atom is 0.335 e. The fourth-order valence-electron chi connectivity index (χ4n) is 2.74. The van der Waals surface area contributed by atoms with Gasteiger partial charge in [-0.3, -0.25) is 0 Å². The van der Waals surface area contributed by atoms with Crippen molar-refractivity contribution in [1.29, 1.82) is 0 Å². The van der Waals surface area contributed by atoms with Gasteiger partial charge in [0.1, 0.15) is 12.4 Å². The second kappa shape index (κ2) is 9.69. The molecule has 0 saturated carbocycles. The molecule has 0 aliphatic rings. The van der Waals surface area contributed by atoms with E-state index in [9.17, 15) is 9.18 Å². The molecule has 0 spiro atoms. The molecule has 30 heavy (non-hydrogen) atoms. The van der Waals surface area contributed by atoms with Gasteiger partial charge in [-0.25, -0.2) is 9.18 Å². The van der Waals surface area contributed by atoms with Crippen molar-refractivity contribution in [2.45, 2.75) is 13.2 Å². The number of anilines is 1. The van der Waals surface area contributed by atoms with Gasteiger partial charge in [-0.15, -0.1) is 0 Å². The van der Waals surface area contributed by atoms with Crippen molar-refractivity contribution in [3.63, 3.8) is 0 Å². The van der Waals surface area contributed by atoms with E-state index in [1.807, 2.05) is 0 Å². The first-order valence-corrected chi connectivity index (χ1v) is 9.63. The van der Waals surface area contributed by atoms with Crippen molar-refractivity contribution in [3.8, 4) is 11.5 Å². The highest BCUT2D eigenvalue weighted by molar-refractivity contribution is 6.32. The minimum Gasteiger partial charge on any atom is -0.493 e. The summed E-state index contributed by atoms with van der Waals surface area (Å²) in [4.78, 5) is 10.9. The van der Waals surface area contributed by atoms with E-state index >= 15 is 0 Å². The fourth-order valence-corrected chi connectivity index (χ4v) is 3.25. The van der Waals surface area contributed by atoms with Crippen LogP contribution < -0.4 is 14.8 Å². The summed E-state index contributed by atoms with van der Waals surface area (Å²) < 4.78 is 24.4. The number of benzene rings is 3. The highest BCUT2D eigenvalue weighted by Crippen LogP contribution is 2.37. The van der Waals surface area contributed by atoms with Gasteiger partial charge in [0.2, 0.25) is 0 Å². The number of halogens is 3. The van der Waals surface area contributed by atoms with E-state index in [2.05, 4.69) is 5.32 Å². The summed E-state index contributed by atoms with van der Waals surface area (Å²) in [6.45, 7) is 0.537. The second-order valence-corrected chi connectivity index (χ2v) is 7.18. The molecule has 0 fully saturated rings. The summed E-state index contributed by atoms with van der Waals surface area (Å²) in [6.07, 6.45) is 0. The lowest BCUT2D eigenvalue weighted by Crippen LogP contribution is -2.03. The average molecular weight is 450 g/mol. The second-order valence-electron chi connectivity index (χ2n) is 6.37. The lowest BCUT2D eigenvalue weighted by atomic mass is 10.1.